The summed E-state index contributed by atoms with van der Waals surface area (Å²) < 4.78 is 0. The highest BCUT2D eigenvalue weighted by atomic mass is 16.2. The number of carbonyl (C=O) groups excluding carboxylic acids is 2. The predicted molar refractivity (Wildman–Crippen MR) is 78.3 cm³/mol. The molecule has 1 atom stereocenters. The van der Waals surface area contributed by atoms with E-state index >= 15 is 0 Å². The summed E-state index contributed by atoms with van der Waals surface area (Å²) in [7, 11) is 0. The highest BCUT2D eigenvalue weighted by Gasteiger charge is 2.38. The van der Waals surface area contributed by atoms with Crippen molar-refractivity contribution in [2.24, 2.45) is 5.92 Å². The molecule has 0 unspecified atom stereocenters. The van der Waals surface area contributed by atoms with E-state index in [0.29, 0.717) is 32.0 Å². The number of amides is 2. The fourth-order valence-electron chi connectivity index (χ4n) is 2.84. The SMILES string of the molecule is Cc1cccc(CNC(=O)[C@@H]2CCC(=O)N(C3CC3)C2)n1. The fourth-order valence-corrected chi connectivity index (χ4v) is 2.84. The molecule has 1 aliphatic heterocycles. The van der Waals surface area contributed by atoms with Gasteiger partial charge in [-0.3, -0.25) is 14.6 Å². The lowest BCUT2D eigenvalue weighted by atomic mass is 9.96. The van der Waals surface area contributed by atoms with E-state index in [4.69, 9.17) is 0 Å². The van der Waals surface area contributed by atoms with Crippen LogP contribution in [-0.4, -0.2) is 34.3 Å². The Hall–Kier alpha value is -1.91. The van der Waals surface area contributed by atoms with Crippen molar-refractivity contribution in [1.29, 1.82) is 0 Å². The van der Waals surface area contributed by atoms with Gasteiger partial charge < -0.3 is 10.2 Å². The fraction of sp³-hybridized carbons (Fsp3) is 0.562. The van der Waals surface area contributed by atoms with Crippen molar-refractivity contribution in [2.75, 3.05) is 6.54 Å². The van der Waals surface area contributed by atoms with Crippen LogP contribution in [0.1, 0.15) is 37.1 Å². The number of carbonyl (C=O) groups is 2. The first-order valence-electron chi connectivity index (χ1n) is 7.63. The standard InChI is InChI=1S/C16H21N3O2/c1-11-3-2-4-13(18-11)9-17-16(21)12-5-8-15(20)19(10-12)14-6-7-14/h2-4,12,14H,5-10H2,1H3,(H,17,21)/t12-/m1/s1. The van der Waals surface area contributed by atoms with E-state index < -0.39 is 0 Å². The van der Waals surface area contributed by atoms with Gasteiger partial charge in [0.05, 0.1) is 18.2 Å². The molecular formula is C16H21N3O2. The van der Waals surface area contributed by atoms with Crippen molar-refractivity contribution in [3.8, 4) is 0 Å². The normalized spacial score (nSPS) is 22.2. The van der Waals surface area contributed by atoms with E-state index in [1.807, 2.05) is 30.0 Å². The molecule has 21 heavy (non-hydrogen) atoms. The Bertz CT molecular complexity index is 554. The van der Waals surface area contributed by atoms with Crippen LogP contribution in [0.25, 0.3) is 0 Å². The molecule has 5 heteroatoms. The lowest BCUT2D eigenvalue weighted by Crippen LogP contribution is -2.46. The average molecular weight is 287 g/mol. The van der Waals surface area contributed by atoms with E-state index in [1.165, 1.54) is 0 Å². The van der Waals surface area contributed by atoms with Crippen molar-refractivity contribution < 1.29 is 9.59 Å². The Morgan fingerprint density at radius 2 is 2.19 bits per heavy atom. The van der Waals surface area contributed by atoms with Crippen LogP contribution in [0.15, 0.2) is 18.2 Å². The maximum Gasteiger partial charge on any atom is 0.225 e. The summed E-state index contributed by atoms with van der Waals surface area (Å²) in [5.41, 5.74) is 1.82. The molecule has 0 aromatic carbocycles. The Balaban J connectivity index is 1.54. The topological polar surface area (TPSA) is 62.3 Å². The molecule has 112 valence electrons. The minimum absolute atomic E-state index is 0.0384. The number of pyridine rings is 1. The Labute approximate surface area is 124 Å². The third kappa shape index (κ3) is 3.40. The maximum absolute atomic E-state index is 12.3. The van der Waals surface area contributed by atoms with Crippen LogP contribution in [0, 0.1) is 12.8 Å². The van der Waals surface area contributed by atoms with Crippen LogP contribution in [0.3, 0.4) is 0 Å². The molecule has 0 radical (unpaired) electrons. The molecule has 2 heterocycles. The molecule has 0 spiro atoms. The quantitative estimate of drug-likeness (QED) is 0.910. The van der Waals surface area contributed by atoms with Gasteiger partial charge in [-0.15, -0.1) is 0 Å². The first kappa shape index (κ1) is 14.0. The largest absolute Gasteiger partial charge is 0.350 e. The highest BCUT2D eigenvalue weighted by molar-refractivity contribution is 5.84. The van der Waals surface area contributed by atoms with Crippen LogP contribution >= 0.6 is 0 Å². The second-order valence-electron chi connectivity index (χ2n) is 6.00. The summed E-state index contributed by atoms with van der Waals surface area (Å²) in [6, 6.07) is 6.18. The molecule has 1 saturated carbocycles. The molecule has 1 aromatic rings. The molecule has 2 amide bonds. The van der Waals surface area contributed by atoms with Gasteiger partial charge in [-0.2, -0.15) is 0 Å². The number of nitrogens with zero attached hydrogens (tertiary/aromatic N) is 2. The molecule has 2 fully saturated rings. The van der Waals surface area contributed by atoms with Crippen LogP contribution < -0.4 is 5.32 Å². The monoisotopic (exact) mass is 287 g/mol. The molecule has 1 aliphatic carbocycles. The zero-order chi connectivity index (χ0) is 14.8. The molecule has 5 nitrogen and oxygen atoms in total. The Morgan fingerprint density at radius 1 is 1.38 bits per heavy atom. The van der Waals surface area contributed by atoms with Crippen molar-refractivity contribution in [1.82, 2.24) is 15.2 Å². The number of aromatic nitrogens is 1. The lowest BCUT2D eigenvalue weighted by molar-refractivity contribution is -0.138. The highest BCUT2D eigenvalue weighted by Crippen LogP contribution is 2.31. The Kier molecular flexibility index (Phi) is 3.90. The van der Waals surface area contributed by atoms with E-state index in [0.717, 1.165) is 24.2 Å². The number of nitrogens with one attached hydrogen (secondary N) is 1. The second-order valence-corrected chi connectivity index (χ2v) is 6.00. The number of hydrogen-bond acceptors (Lipinski definition) is 3. The first-order chi connectivity index (χ1) is 10.1. The average Bonchev–Trinajstić information content (AvgIpc) is 3.30. The van der Waals surface area contributed by atoms with Crippen molar-refractivity contribution in [3.05, 3.63) is 29.6 Å². The minimum atomic E-state index is -0.0758. The summed E-state index contributed by atoms with van der Waals surface area (Å²) in [4.78, 5) is 30.4. The number of aryl methyl sites for hydroxylation is 1. The number of likely N-dealkylation sites (tertiary alicyclic amines) is 1. The smallest absolute Gasteiger partial charge is 0.225 e. The van der Waals surface area contributed by atoms with Gasteiger partial charge in [-0.05, 0) is 38.3 Å². The molecule has 3 rings (SSSR count). The number of rotatable bonds is 4. The van der Waals surface area contributed by atoms with E-state index in [2.05, 4.69) is 10.3 Å². The summed E-state index contributed by atoms with van der Waals surface area (Å²) in [5, 5.41) is 2.95. The number of piperidine rings is 1. The van der Waals surface area contributed by atoms with E-state index in [1.54, 1.807) is 0 Å². The first-order valence-corrected chi connectivity index (χ1v) is 7.63. The van der Waals surface area contributed by atoms with Crippen LogP contribution in [0.4, 0.5) is 0 Å². The van der Waals surface area contributed by atoms with Crippen molar-refractivity contribution >= 4 is 11.8 Å². The number of hydrogen-bond donors (Lipinski definition) is 1. The molecule has 1 saturated heterocycles. The van der Waals surface area contributed by atoms with Crippen molar-refractivity contribution in [3.63, 3.8) is 0 Å². The van der Waals surface area contributed by atoms with Gasteiger partial charge in [-0.1, -0.05) is 6.07 Å². The van der Waals surface area contributed by atoms with Crippen LogP contribution in [0.2, 0.25) is 0 Å². The van der Waals surface area contributed by atoms with Gasteiger partial charge in [0.2, 0.25) is 11.8 Å². The molecule has 2 aliphatic rings. The second kappa shape index (κ2) is 5.84. The lowest BCUT2D eigenvalue weighted by Gasteiger charge is -2.32. The third-order valence-corrected chi connectivity index (χ3v) is 4.19. The van der Waals surface area contributed by atoms with Gasteiger partial charge in [0.1, 0.15) is 0 Å². The maximum atomic E-state index is 12.3. The third-order valence-electron chi connectivity index (χ3n) is 4.19. The zero-order valence-corrected chi connectivity index (χ0v) is 12.3. The van der Waals surface area contributed by atoms with E-state index in [9.17, 15) is 9.59 Å². The summed E-state index contributed by atoms with van der Waals surface area (Å²) >= 11 is 0. The summed E-state index contributed by atoms with van der Waals surface area (Å²) in [6.07, 6.45) is 3.34. The van der Waals surface area contributed by atoms with Gasteiger partial charge in [0.15, 0.2) is 0 Å². The van der Waals surface area contributed by atoms with E-state index in [-0.39, 0.29) is 17.7 Å². The Morgan fingerprint density at radius 3 is 2.90 bits per heavy atom. The molecule has 0 bridgehead atoms. The van der Waals surface area contributed by atoms with Gasteiger partial charge in [0.25, 0.3) is 0 Å². The van der Waals surface area contributed by atoms with Crippen molar-refractivity contribution in [2.45, 2.75) is 45.2 Å². The molecule has 1 aromatic heterocycles. The zero-order valence-electron chi connectivity index (χ0n) is 12.3. The van der Waals surface area contributed by atoms with Crippen LogP contribution in [-0.2, 0) is 16.1 Å². The van der Waals surface area contributed by atoms with Gasteiger partial charge in [0, 0.05) is 24.7 Å². The summed E-state index contributed by atoms with van der Waals surface area (Å²) in [5.74, 6) is 0.173. The molecule has 1 N–H and O–H groups in total. The molecular weight excluding hydrogens is 266 g/mol. The van der Waals surface area contributed by atoms with Gasteiger partial charge >= 0.3 is 0 Å². The van der Waals surface area contributed by atoms with Gasteiger partial charge in [-0.25, -0.2) is 0 Å². The minimum Gasteiger partial charge on any atom is -0.350 e. The summed E-state index contributed by atoms with van der Waals surface area (Å²) in [6.45, 7) is 2.97. The predicted octanol–water partition coefficient (Wildman–Crippen LogP) is 1.41. The van der Waals surface area contributed by atoms with Crippen LogP contribution in [0.5, 0.6) is 0 Å².